The minimum Gasteiger partial charge on any atom is -0.326 e. The van der Waals surface area contributed by atoms with Crippen LogP contribution in [0.1, 0.15) is 12.5 Å². The Kier molecular flexibility index (Phi) is 4.29. The van der Waals surface area contributed by atoms with Crippen LogP contribution in [0.4, 0.5) is 5.69 Å². The Balaban J connectivity index is 2.12. The molecule has 1 N–H and O–H groups in total. The molecule has 1 aromatic heterocycles. The van der Waals surface area contributed by atoms with E-state index >= 15 is 0 Å². The van der Waals surface area contributed by atoms with E-state index in [4.69, 9.17) is 0 Å². The monoisotopic (exact) mass is 318 g/mol. The summed E-state index contributed by atoms with van der Waals surface area (Å²) in [6.45, 7) is 3.39. The van der Waals surface area contributed by atoms with Gasteiger partial charge in [-0.2, -0.15) is 0 Å². The van der Waals surface area contributed by atoms with Gasteiger partial charge in [0.05, 0.1) is 5.69 Å². The molecular formula is C20H18N2O2. The minimum atomic E-state index is -0.145. The first-order chi connectivity index (χ1) is 11.5. The number of anilines is 1. The fourth-order valence-corrected chi connectivity index (χ4v) is 2.69. The second-order valence-electron chi connectivity index (χ2n) is 5.68. The molecule has 1 amide bonds. The number of aromatic nitrogens is 1. The zero-order chi connectivity index (χ0) is 17.1. The van der Waals surface area contributed by atoms with Crippen molar-refractivity contribution in [2.75, 3.05) is 5.32 Å². The highest BCUT2D eigenvalue weighted by molar-refractivity contribution is 5.88. The molecule has 0 saturated heterocycles. The number of nitrogens with one attached hydrogen (secondary N) is 1. The molecule has 120 valence electrons. The second kappa shape index (κ2) is 6.54. The lowest BCUT2D eigenvalue weighted by molar-refractivity contribution is -0.114. The van der Waals surface area contributed by atoms with E-state index in [1.807, 2.05) is 55.6 Å². The average Bonchev–Trinajstić information content (AvgIpc) is 2.55. The van der Waals surface area contributed by atoms with Crippen LogP contribution in [-0.2, 0) is 4.79 Å². The Morgan fingerprint density at radius 1 is 1.00 bits per heavy atom. The molecule has 0 atom stereocenters. The summed E-state index contributed by atoms with van der Waals surface area (Å²) in [4.78, 5) is 23.7. The number of nitrogens with zero attached hydrogens (tertiary/aromatic N) is 1. The number of carbonyl (C=O) groups is 1. The quantitative estimate of drug-likeness (QED) is 0.799. The molecule has 0 bridgehead atoms. The van der Waals surface area contributed by atoms with Crippen LogP contribution in [0.5, 0.6) is 0 Å². The summed E-state index contributed by atoms with van der Waals surface area (Å²) in [7, 11) is 0. The van der Waals surface area contributed by atoms with E-state index in [0.29, 0.717) is 11.4 Å². The number of rotatable bonds is 3. The summed E-state index contributed by atoms with van der Waals surface area (Å²) < 4.78 is 1.60. The van der Waals surface area contributed by atoms with Crippen LogP contribution in [0.3, 0.4) is 0 Å². The van der Waals surface area contributed by atoms with E-state index in [1.165, 1.54) is 6.92 Å². The fourth-order valence-electron chi connectivity index (χ4n) is 2.69. The summed E-state index contributed by atoms with van der Waals surface area (Å²) in [5.41, 5.74) is 4.26. The topological polar surface area (TPSA) is 51.1 Å². The Morgan fingerprint density at radius 2 is 1.75 bits per heavy atom. The molecule has 0 aliphatic heterocycles. The average molecular weight is 318 g/mol. The van der Waals surface area contributed by atoms with Crippen molar-refractivity contribution in [2.24, 2.45) is 0 Å². The van der Waals surface area contributed by atoms with Gasteiger partial charge in [-0.1, -0.05) is 36.4 Å². The van der Waals surface area contributed by atoms with Gasteiger partial charge in [-0.3, -0.25) is 14.2 Å². The lowest BCUT2D eigenvalue weighted by Gasteiger charge is -2.12. The van der Waals surface area contributed by atoms with Gasteiger partial charge in [0.25, 0.3) is 5.56 Å². The van der Waals surface area contributed by atoms with Crippen molar-refractivity contribution in [3.8, 4) is 16.8 Å². The molecule has 0 aliphatic carbocycles. The van der Waals surface area contributed by atoms with E-state index in [2.05, 4.69) is 5.32 Å². The third kappa shape index (κ3) is 3.27. The lowest BCUT2D eigenvalue weighted by Crippen LogP contribution is -2.18. The maximum Gasteiger partial charge on any atom is 0.255 e. The number of amides is 1. The van der Waals surface area contributed by atoms with Crippen molar-refractivity contribution in [2.45, 2.75) is 13.8 Å². The van der Waals surface area contributed by atoms with Gasteiger partial charge >= 0.3 is 0 Å². The van der Waals surface area contributed by atoms with Crippen LogP contribution in [-0.4, -0.2) is 10.5 Å². The fraction of sp³-hybridized carbons (Fsp3) is 0.100. The van der Waals surface area contributed by atoms with Crippen molar-refractivity contribution in [1.29, 1.82) is 0 Å². The van der Waals surface area contributed by atoms with Gasteiger partial charge in [-0.15, -0.1) is 0 Å². The first-order valence-corrected chi connectivity index (χ1v) is 7.71. The number of hydrogen-bond acceptors (Lipinski definition) is 2. The number of pyridine rings is 1. The van der Waals surface area contributed by atoms with Crippen molar-refractivity contribution in [3.05, 3.63) is 82.8 Å². The third-order valence-corrected chi connectivity index (χ3v) is 3.79. The highest BCUT2D eigenvalue weighted by atomic mass is 16.1. The lowest BCUT2D eigenvalue weighted by atomic mass is 10.0. The summed E-state index contributed by atoms with van der Waals surface area (Å²) in [6, 6.07) is 18.8. The van der Waals surface area contributed by atoms with Crippen LogP contribution in [0.15, 0.2) is 71.7 Å². The largest absolute Gasteiger partial charge is 0.326 e. The maximum absolute atomic E-state index is 12.4. The molecule has 0 radical (unpaired) electrons. The summed E-state index contributed by atoms with van der Waals surface area (Å²) >= 11 is 0. The van der Waals surface area contributed by atoms with Crippen LogP contribution in [0.25, 0.3) is 16.8 Å². The number of benzene rings is 2. The standard InChI is InChI=1S/C20H18N2O2/c1-14-11-20(24)22(13-19(14)16-7-4-3-5-8-16)18-10-6-9-17(12-18)21-15(2)23/h3-13H,1-2H3,(H,21,23). The molecule has 0 unspecified atom stereocenters. The summed E-state index contributed by atoms with van der Waals surface area (Å²) in [5.74, 6) is -0.145. The predicted octanol–water partition coefficient (Wildman–Crippen LogP) is 3.77. The molecule has 4 nitrogen and oxygen atoms in total. The smallest absolute Gasteiger partial charge is 0.255 e. The van der Waals surface area contributed by atoms with Gasteiger partial charge in [0.2, 0.25) is 5.91 Å². The molecule has 0 aliphatic rings. The van der Waals surface area contributed by atoms with Crippen molar-refractivity contribution >= 4 is 11.6 Å². The van der Waals surface area contributed by atoms with E-state index in [0.717, 1.165) is 16.7 Å². The SMILES string of the molecule is CC(=O)Nc1cccc(-n2cc(-c3ccccc3)c(C)cc2=O)c1. The van der Waals surface area contributed by atoms with E-state index < -0.39 is 0 Å². The molecule has 0 spiro atoms. The predicted molar refractivity (Wildman–Crippen MR) is 96.5 cm³/mol. The zero-order valence-electron chi connectivity index (χ0n) is 13.6. The molecule has 0 saturated carbocycles. The van der Waals surface area contributed by atoms with Crippen molar-refractivity contribution in [1.82, 2.24) is 4.57 Å². The number of carbonyl (C=O) groups excluding carboxylic acids is 1. The Morgan fingerprint density at radius 3 is 2.46 bits per heavy atom. The highest BCUT2D eigenvalue weighted by Crippen LogP contribution is 2.23. The maximum atomic E-state index is 12.4. The minimum absolute atomic E-state index is 0.104. The van der Waals surface area contributed by atoms with Crippen LogP contribution in [0.2, 0.25) is 0 Å². The van der Waals surface area contributed by atoms with Crippen LogP contribution < -0.4 is 10.9 Å². The van der Waals surface area contributed by atoms with Gasteiger partial charge in [0.1, 0.15) is 0 Å². The van der Waals surface area contributed by atoms with Crippen LogP contribution >= 0.6 is 0 Å². The molecule has 3 aromatic rings. The zero-order valence-corrected chi connectivity index (χ0v) is 13.6. The summed E-state index contributed by atoms with van der Waals surface area (Å²) in [5, 5.41) is 2.74. The van der Waals surface area contributed by atoms with Crippen LogP contribution in [0, 0.1) is 6.92 Å². The van der Waals surface area contributed by atoms with Gasteiger partial charge in [0, 0.05) is 30.4 Å². The van der Waals surface area contributed by atoms with Gasteiger partial charge in [-0.05, 0) is 36.2 Å². The van der Waals surface area contributed by atoms with E-state index in [1.54, 1.807) is 22.8 Å². The van der Waals surface area contributed by atoms with Gasteiger partial charge in [0.15, 0.2) is 0 Å². The van der Waals surface area contributed by atoms with Crippen molar-refractivity contribution < 1.29 is 4.79 Å². The van der Waals surface area contributed by atoms with Crippen molar-refractivity contribution in [3.63, 3.8) is 0 Å². The molecule has 0 fully saturated rings. The second-order valence-corrected chi connectivity index (χ2v) is 5.68. The summed E-state index contributed by atoms with van der Waals surface area (Å²) in [6.07, 6.45) is 1.85. The molecule has 3 rings (SSSR count). The first kappa shape index (κ1) is 15.7. The van der Waals surface area contributed by atoms with E-state index in [9.17, 15) is 9.59 Å². The molecular weight excluding hydrogens is 300 g/mol. The third-order valence-electron chi connectivity index (χ3n) is 3.79. The molecule has 1 heterocycles. The van der Waals surface area contributed by atoms with Gasteiger partial charge in [-0.25, -0.2) is 0 Å². The Hall–Kier alpha value is -3.14. The van der Waals surface area contributed by atoms with E-state index in [-0.39, 0.29) is 11.5 Å². The Bertz CT molecular complexity index is 943. The number of hydrogen-bond donors (Lipinski definition) is 1. The normalized spacial score (nSPS) is 10.4. The van der Waals surface area contributed by atoms with Gasteiger partial charge < -0.3 is 5.32 Å². The molecule has 4 heteroatoms. The first-order valence-electron chi connectivity index (χ1n) is 7.71. The number of aryl methyl sites for hydroxylation is 1. The molecule has 24 heavy (non-hydrogen) atoms. The Labute approximate surface area is 140 Å². The molecule has 2 aromatic carbocycles. The highest BCUT2D eigenvalue weighted by Gasteiger charge is 2.08.